The third kappa shape index (κ3) is 5.91. The maximum absolute atomic E-state index is 12.6. The predicted molar refractivity (Wildman–Crippen MR) is 123 cm³/mol. The van der Waals surface area contributed by atoms with Gasteiger partial charge in [0.15, 0.2) is 0 Å². The fourth-order valence-corrected chi connectivity index (χ4v) is 3.80. The van der Waals surface area contributed by atoms with Crippen molar-refractivity contribution in [3.63, 3.8) is 0 Å². The summed E-state index contributed by atoms with van der Waals surface area (Å²) < 4.78 is 0. The molecular weight excluding hydrogens is 358 g/mol. The van der Waals surface area contributed by atoms with Crippen LogP contribution in [0.5, 0.6) is 0 Å². The Morgan fingerprint density at radius 2 is 1.41 bits per heavy atom. The predicted octanol–water partition coefficient (Wildman–Crippen LogP) is 4.50. The number of carbonyl (C=O) groups excluding carboxylic acids is 1. The number of piperazine rings is 1. The van der Waals surface area contributed by atoms with E-state index in [2.05, 4.69) is 53.5 Å². The van der Waals surface area contributed by atoms with Crippen molar-refractivity contribution >= 4 is 5.91 Å². The minimum atomic E-state index is 0.112. The lowest BCUT2D eigenvalue weighted by Crippen LogP contribution is -2.45. The Labute approximate surface area is 176 Å². The van der Waals surface area contributed by atoms with Gasteiger partial charge in [-0.25, -0.2) is 0 Å². The Morgan fingerprint density at radius 3 is 1.90 bits per heavy atom. The van der Waals surface area contributed by atoms with E-state index in [0.717, 1.165) is 44.8 Å². The highest BCUT2D eigenvalue weighted by Gasteiger charge is 2.24. The Morgan fingerprint density at radius 1 is 0.931 bits per heavy atom. The molecule has 0 spiro atoms. The molecule has 158 valence electrons. The second-order valence-electron chi connectivity index (χ2n) is 7.20. The van der Waals surface area contributed by atoms with Crippen molar-refractivity contribution < 1.29 is 4.79 Å². The highest BCUT2D eigenvalue weighted by Crippen LogP contribution is 2.29. The number of benzene rings is 2. The summed E-state index contributed by atoms with van der Waals surface area (Å²) in [6.07, 6.45) is 0. The van der Waals surface area contributed by atoms with Gasteiger partial charge >= 0.3 is 0 Å². The standard InChI is InChI=1S/C23H31N3O.C2H6/c1-4-25(5-2)23(27)21-12-10-20(11-13-21)22(26-16-14-24-15-17-26)19-8-6-18(3)7-9-19;1-2/h6-13,22,24H,4-5,14-17H2,1-3H3;1-2H3. The molecule has 1 amide bonds. The molecular formula is C25H37N3O. The van der Waals surface area contributed by atoms with Crippen LogP contribution in [0.2, 0.25) is 0 Å². The Hall–Kier alpha value is -2.17. The highest BCUT2D eigenvalue weighted by molar-refractivity contribution is 5.94. The van der Waals surface area contributed by atoms with E-state index in [9.17, 15) is 4.79 Å². The van der Waals surface area contributed by atoms with Gasteiger partial charge in [0, 0.05) is 44.8 Å². The summed E-state index contributed by atoms with van der Waals surface area (Å²) in [6.45, 7) is 15.7. The van der Waals surface area contributed by atoms with E-state index in [1.807, 2.05) is 44.7 Å². The minimum absolute atomic E-state index is 0.112. The van der Waals surface area contributed by atoms with Crippen molar-refractivity contribution in [2.24, 2.45) is 0 Å². The van der Waals surface area contributed by atoms with Gasteiger partial charge < -0.3 is 10.2 Å². The van der Waals surface area contributed by atoms with Crippen molar-refractivity contribution in [1.29, 1.82) is 0 Å². The van der Waals surface area contributed by atoms with Gasteiger partial charge in [0.1, 0.15) is 0 Å². The zero-order valence-corrected chi connectivity index (χ0v) is 18.7. The van der Waals surface area contributed by atoms with Crippen LogP contribution in [0.4, 0.5) is 0 Å². The topological polar surface area (TPSA) is 35.6 Å². The molecule has 0 bridgehead atoms. The molecule has 1 atom stereocenters. The van der Waals surface area contributed by atoms with E-state index >= 15 is 0 Å². The fourth-order valence-electron chi connectivity index (χ4n) is 3.80. The first-order valence-corrected chi connectivity index (χ1v) is 11.0. The number of hydrogen-bond donors (Lipinski definition) is 1. The Bertz CT molecular complexity index is 730. The van der Waals surface area contributed by atoms with Crippen LogP contribution in [0.3, 0.4) is 0 Å². The summed E-state index contributed by atoms with van der Waals surface area (Å²) in [5, 5.41) is 3.44. The maximum Gasteiger partial charge on any atom is 0.253 e. The first kappa shape index (κ1) is 23.1. The lowest BCUT2D eigenvalue weighted by Gasteiger charge is -2.35. The average Bonchev–Trinajstić information content (AvgIpc) is 2.79. The molecule has 3 rings (SSSR count). The number of nitrogens with zero attached hydrogens (tertiary/aromatic N) is 2. The SMILES string of the molecule is CC.CCN(CC)C(=O)c1ccc(C(c2ccc(C)cc2)N2CCNCC2)cc1. The van der Waals surface area contributed by atoms with E-state index < -0.39 is 0 Å². The molecule has 1 heterocycles. The Balaban J connectivity index is 0.00000145. The smallest absolute Gasteiger partial charge is 0.253 e. The summed E-state index contributed by atoms with van der Waals surface area (Å²) in [5.41, 5.74) is 4.60. The molecule has 4 nitrogen and oxygen atoms in total. The average molecular weight is 396 g/mol. The first-order chi connectivity index (χ1) is 14.1. The Kier molecular flexibility index (Phi) is 9.36. The lowest BCUT2D eigenvalue weighted by atomic mass is 9.94. The van der Waals surface area contributed by atoms with Gasteiger partial charge in [-0.05, 0) is 44.0 Å². The first-order valence-electron chi connectivity index (χ1n) is 11.0. The summed E-state index contributed by atoms with van der Waals surface area (Å²) in [4.78, 5) is 17.0. The van der Waals surface area contributed by atoms with Gasteiger partial charge in [0.05, 0.1) is 6.04 Å². The lowest BCUT2D eigenvalue weighted by molar-refractivity contribution is 0.0773. The largest absolute Gasteiger partial charge is 0.339 e. The maximum atomic E-state index is 12.6. The molecule has 1 aliphatic heterocycles. The molecule has 1 fully saturated rings. The van der Waals surface area contributed by atoms with Crippen LogP contribution in [0.25, 0.3) is 0 Å². The van der Waals surface area contributed by atoms with Crippen LogP contribution in [0.1, 0.15) is 60.8 Å². The molecule has 0 radical (unpaired) electrons. The van der Waals surface area contributed by atoms with Gasteiger partial charge in [0.2, 0.25) is 0 Å². The molecule has 0 aromatic heterocycles. The molecule has 0 saturated carbocycles. The van der Waals surface area contributed by atoms with E-state index in [0.29, 0.717) is 0 Å². The number of carbonyl (C=O) groups is 1. The van der Waals surface area contributed by atoms with Gasteiger partial charge in [-0.15, -0.1) is 0 Å². The van der Waals surface area contributed by atoms with Gasteiger partial charge in [0.25, 0.3) is 5.91 Å². The summed E-state index contributed by atoms with van der Waals surface area (Å²) in [7, 11) is 0. The van der Waals surface area contributed by atoms with Crippen LogP contribution in [-0.4, -0.2) is 55.0 Å². The van der Waals surface area contributed by atoms with E-state index in [4.69, 9.17) is 0 Å². The van der Waals surface area contributed by atoms with Crippen LogP contribution in [-0.2, 0) is 0 Å². The number of nitrogens with one attached hydrogen (secondary N) is 1. The normalized spacial score (nSPS) is 15.2. The van der Waals surface area contributed by atoms with Crippen molar-refractivity contribution in [3.8, 4) is 0 Å². The van der Waals surface area contributed by atoms with Gasteiger partial charge in [-0.2, -0.15) is 0 Å². The third-order valence-electron chi connectivity index (χ3n) is 5.43. The third-order valence-corrected chi connectivity index (χ3v) is 5.43. The zero-order chi connectivity index (χ0) is 21.2. The molecule has 2 aromatic rings. The summed E-state index contributed by atoms with van der Waals surface area (Å²) in [5.74, 6) is 0.112. The van der Waals surface area contributed by atoms with Crippen molar-refractivity contribution in [3.05, 3.63) is 70.8 Å². The second kappa shape index (κ2) is 11.7. The number of hydrogen-bond acceptors (Lipinski definition) is 3. The highest BCUT2D eigenvalue weighted by atomic mass is 16.2. The molecule has 1 saturated heterocycles. The van der Waals surface area contributed by atoms with Crippen LogP contribution < -0.4 is 5.32 Å². The number of amides is 1. The fraction of sp³-hybridized carbons (Fsp3) is 0.480. The quantitative estimate of drug-likeness (QED) is 0.782. The molecule has 4 heteroatoms. The van der Waals surface area contributed by atoms with Crippen molar-refractivity contribution in [2.75, 3.05) is 39.3 Å². The van der Waals surface area contributed by atoms with E-state index in [1.54, 1.807) is 0 Å². The monoisotopic (exact) mass is 395 g/mol. The zero-order valence-electron chi connectivity index (χ0n) is 18.7. The van der Waals surface area contributed by atoms with Crippen molar-refractivity contribution in [1.82, 2.24) is 15.1 Å². The van der Waals surface area contributed by atoms with Gasteiger partial charge in [-0.3, -0.25) is 9.69 Å². The molecule has 2 aromatic carbocycles. The molecule has 0 aliphatic carbocycles. The minimum Gasteiger partial charge on any atom is -0.339 e. The molecule has 1 unspecified atom stereocenters. The summed E-state index contributed by atoms with van der Waals surface area (Å²) in [6, 6.07) is 17.3. The van der Waals surface area contributed by atoms with Gasteiger partial charge in [-0.1, -0.05) is 55.8 Å². The number of aryl methyl sites for hydroxylation is 1. The van der Waals surface area contributed by atoms with E-state index in [1.165, 1.54) is 16.7 Å². The molecule has 29 heavy (non-hydrogen) atoms. The van der Waals surface area contributed by atoms with Crippen LogP contribution in [0.15, 0.2) is 48.5 Å². The van der Waals surface area contributed by atoms with Crippen LogP contribution >= 0.6 is 0 Å². The number of rotatable bonds is 6. The van der Waals surface area contributed by atoms with Crippen LogP contribution in [0, 0.1) is 6.92 Å². The molecule has 1 N–H and O–H groups in total. The second-order valence-corrected chi connectivity index (χ2v) is 7.20. The summed E-state index contributed by atoms with van der Waals surface area (Å²) >= 11 is 0. The van der Waals surface area contributed by atoms with Crippen molar-refractivity contribution in [2.45, 2.75) is 40.7 Å². The van der Waals surface area contributed by atoms with E-state index in [-0.39, 0.29) is 11.9 Å². The molecule has 1 aliphatic rings.